The van der Waals surface area contributed by atoms with Gasteiger partial charge >= 0.3 is 0 Å². The fourth-order valence-electron chi connectivity index (χ4n) is 4.34. The minimum absolute atomic E-state index is 1.09. The second-order valence-corrected chi connectivity index (χ2v) is 9.04. The van der Waals surface area contributed by atoms with Crippen molar-refractivity contribution in [3.63, 3.8) is 0 Å². The zero-order valence-electron chi connectivity index (χ0n) is 18.0. The van der Waals surface area contributed by atoms with Gasteiger partial charge < -0.3 is 10.2 Å². The Morgan fingerprint density at radius 2 is 1.15 bits per heavy atom. The fourth-order valence-corrected chi connectivity index (χ4v) is 5.45. The van der Waals surface area contributed by atoms with Crippen LogP contribution in [0.4, 0.5) is 28.4 Å². The quantitative estimate of drug-likeness (QED) is 0.286. The zero-order chi connectivity index (χ0) is 22.0. The second-order valence-electron chi connectivity index (χ2n) is 7.96. The summed E-state index contributed by atoms with van der Waals surface area (Å²) in [5.41, 5.74) is 5.66. The lowest BCUT2D eigenvalue weighted by Crippen LogP contribution is -2.09. The largest absolute Gasteiger partial charge is 0.356 e. The number of hydrogen-bond acceptors (Lipinski definition) is 3. The second kappa shape index (κ2) is 8.45. The molecule has 1 heterocycles. The molecule has 0 spiro atoms. The summed E-state index contributed by atoms with van der Waals surface area (Å²) >= 11 is 1.84. The van der Waals surface area contributed by atoms with E-state index in [4.69, 9.17) is 0 Å². The van der Waals surface area contributed by atoms with Crippen LogP contribution in [0.1, 0.15) is 0 Å². The summed E-state index contributed by atoms with van der Waals surface area (Å²) in [4.78, 5) is 2.35. The highest BCUT2D eigenvalue weighted by Gasteiger charge is 2.18. The van der Waals surface area contributed by atoms with Crippen molar-refractivity contribution in [3.8, 4) is 0 Å². The van der Waals surface area contributed by atoms with E-state index >= 15 is 0 Å². The molecular weight excluding hydrogens is 420 g/mol. The van der Waals surface area contributed by atoms with Gasteiger partial charge in [0.25, 0.3) is 0 Å². The summed E-state index contributed by atoms with van der Waals surface area (Å²) in [6.45, 7) is 0. The summed E-state index contributed by atoms with van der Waals surface area (Å²) in [5, 5.41) is 6.10. The molecule has 0 unspecified atom stereocenters. The Bertz CT molecular complexity index is 1480. The van der Waals surface area contributed by atoms with Gasteiger partial charge in [-0.1, -0.05) is 60.7 Å². The van der Waals surface area contributed by atoms with Gasteiger partial charge in [0.05, 0.1) is 5.69 Å². The van der Waals surface area contributed by atoms with Crippen LogP contribution in [0.3, 0.4) is 0 Å². The smallest absolute Gasteiger partial charge is 0.0554 e. The minimum Gasteiger partial charge on any atom is -0.356 e. The maximum Gasteiger partial charge on any atom is 0.0554 e. The van der Waals surface area contributed by atoms with Crippen LogP contribution < -0.4 is 10.2 Å². The number of nitrogens with one attached hydrogen (secondary N) is 1. The van der Waals surface area contributed by atoms with Crippen LogP contribution in [-0.4, -0.2) is 0 Å². The highest BCUT2D eigenvalue weighted by atomic mass is 32.1. The average molecular weight is 443 g/mol. The SMILES string of the molecule is c1ccc(Nc2ccc3sc4cccc(N(c5ccccc5)c5ccccc5)c4c3c2)cc1. The van der Waals surface area contributed by atoms with E-state index in [0.29, 0.717) is 0 Å². The van der Waals surface area contributed by atoms with E-state index in [0.717, 1.165) is 22.7 Å². The molecule has 0 atom stereocenters. The van der Waals surface area contributed by atoms with Gasteiger partial charge in [0.15, 0.2) is 0 Å². The Morgan fingerprint density at radius 3 is 1.82 bits per heavy atom. The molecule has 6 aromatic rings. The number of benzene rings is 5. The molecule has 0 aliphatic carbocycles. The first kappa shape index (κ1) is 19.6. The third kappa shape index (κ3) is 3.73. The minimum atomic E-state index is 1.09. The van der Waals surface area contributed by atoms with E-state index in [2.05, 4.69) is 132 Å². The topological polar surface area (TPSA) is 15.3 Å². The van der Waals surface area contributed by atoms with Gasteiger partial charge in [0.1, 0.15) is 0 Å². The van der Waals surface area contributed by atoms with Crippen LogP contribution >= 0.6 is 11.3 Å². The van der Waals surface area contributed by atoms with Crippen molar-refractivity contribution in [2.45, 2.75) is 0 Å². The lowest BCUT2D eigenvalue weighted by atomic mass is 10.1. The summed E-state index contributed by atoms with van der Waals surface area (Å²) in [6, 6.07) is 44.8. The molecule has 1 aromatic heterocycles. The normalized spacial score (nSPS) is 11.0. The van der Waals surface area contributed by atoms with E-state index in [1.165, 1.54) is 25.9 Å². The van der Waals surface area contributed by atoms with Crippen LogP contribution in [0.25, 0.3) is 20.2 Å². The van der Waals surface area contributed by atoms with Crippen LogP contribution in [0, 0.1) is 0 Å². The third-order valence-corrected chi connectivity index (χ3v) is 6.94. The Kier molecular flexibility index (Phi) is 5.02. The Balaban J connectivity index is 1.57. The van der Waals surface area contributed by atoms with Crippen molar-refractivity contribution in [1.82, 2.24) is 0 Å². The van der Waals surface area contributed by atoms with Crippen molar-refractivity contribution < 1.29 is 0 Å². The number of para-hydroxylation sites is 3. The molecule has 158 valence electrons. The van der Waals surface area contributed by atoms with Crippen molar-refractivity contribution >= 4 is 59.9 Å². The lowest BCUT2D eigenvalue weighted by molar-refractivity contribution is 1.30. The first-order valence-corrected chi connectivity index (χ1v) is 11.9. The van der Waals surface area contributed by atoms with Gasteiger partial charge in [-0.2, -0.15) is 0 Å². The van der Waals surface area contributed by atoms with Crippen LogP contribution in [0.2, 0.25) is 0 Å². The lowest BCUT2D eigenvalue weighted by Gasteiger charge is -2.26. The summed E-state index contributed by atoms with van der Waals surface area (Å²) < 4.78 is 2.58. The molecule has 0 saturated carbocycles. The number of hydrogen-bond donors (Lipinski definition) is 1. The highest BCUT2D eigenvalue weighted by Crippen LogP contribution is 2.45. The van der Waals surface area contributed by atoms with Gasteiger partial charge in [-0.3, -0.25) is 0 Å². The van der Waals surface area contributed by atoms with E-state index in [1.807, 2.05) is 17.4 Å². The predicted octanol–water partition coefficient (Wildman–Crippen LogP) is 9.27. The molecule has 3 heteroatoms. The van der Waals surface area contributed by atoms with Gasteiger partial charge in [-0.05, 0) is 66.7 Å². The van der Waals surface area contributed by atoms with E-state index in [9.17, 15) is 0 Å². The number of rotatable bonds is 5. The maximum atomic E-state index is 3.55. The Hall–Kier alpha value is -4.08. The van der Waals surface area contributed by atoms with Crippen LogP contribution in [0.5, 0.6) is 0 Å². The van der Waals surface area contributed by atoms with E-state index < -0.39 is 0 Å². The molecule has 0 amide bonds. The monoisotopic (exact) mass is 442 g/mol. The summed E-state index contributed by atoms with van der Waals surface area (Å²) in [6.07, 6.45) is 0. The van der Waals surface area contributed by atoms with Crippen molar-refractivity contribution in [2.75, 3.05) is 10.2 Å². The molecule has 0 saturated heterocycles. The van der Waals surface area contributed by atoms with E-state index in [-0.39, 0.29) is 0 Å². The number of thiophene rings is 1. The molecule has 33 heavy (non-hydrogen) atoms. The third-order valence-electron chi connectivity index (χ3n) is 5.81. The van der Waals surface area contributed by atoms with Gasteiger partial charge in [-0.15, -0.1) is 11.3 Å². The molecular formula is C30H22N2S. The highest BCUT2D eigenvalue weighted by molar-refractivity contribution is 7.26. The van der Waals surface area contributed by atoms with Crippen LogP contribution in [0.15, 0.2) is 127 Å². The molecule has 0 radical (unpaired) electrons. The molecule has 1 N–H and O–H groups in total. The Labute approximate surface area is 197 Å². The molecule has 0 aliphatic heterocycles. The number of nitrogens with zero attached hydrogens (tertiary/aromatic N) is 1. The standard InChI is InChI=1S/C30H22N2S/c1-4-11-22(12-5-1)31-23-19-20-28-26(21-23)30-27(17-10-18-29(30)33-28)32(24-13-6-2-7-14-24)25-15-8-3-9-16-25/h1-21,31H. The van der Waals surface area contributed by atoms with Crippen molar-refractivity contribution in [2.24, 2.45) is 0 Å². The maximum absolute atomic E-state index is 3.55. The van der Waals surface area contributed by atoms with Gasteiger partial charge in [0, 0.05) is 42.9 Å². The molecule has 0 aliphatic rings. The Morgan fingerprint density at radius 1 is 0.515 bits per heavy atom. The van der Waals surface area contributed by atoms with Gasteiger partial charge in [-0.25, -0.2) is 0 Å². The molecule has 6 rings (SSSR count). The zero-order valence-corrected chi connectivity index (χ0v) is 18.8. The average Bonchev–Trinajstić information content (AvgIpc) is 3.25. The first-order valence-electron chi connectivity index (χ1n) is 11.0. The van der Waals surface area contributed by atoms with E-state index in [1.54, 1.807) is 0 Å². The molecule has 2 nitrogen and oxygen atoms in total. The van der Waals surface area contributed by atoms with Crippen LogP contribution in [-0.2, 0) is 0 Å². The first-order chi connectivity index (χ1) is 16.4. The van der Waals surface area contributed by atoms with Crippen molar-refractivity contribution in [3.05, 3.63) is 127 Å². The summed E-state index contributed by atoms with van der Waals surface area (Å²) in [7, 11) is 0. The number of fused-ring (bicyclic) bond motifs is 3. The molecule has 0 fully saturated rings. The summed E-state index contributed by atoms with van der Waals surface area (Å²) in [5.74, 6) is 0. The molecule has 5 aromatic carbocycles. The van der Waals surface area contributed by atoms with Crippen molar-refractivity contribution in [1.29, 1.82) is 0 Å². The fraction of sp³-hybridized carbons (Fsp3) is 0. The number of anilines is 5. The van der Waals surface area contributed by atoms with Gasteiger partial charge in [0.2, 0.25) is 0 Å². The predicted molar refractivity (Wildman–Crippen MR) is 144 cm³/mol. The molecule has 0 bridgehead atoms.